The molecule has 8 nitrogen and oxygen atoms in total. The van der Waals surface area contributed by atoms with E-state index < -0.39 is 0 Å². The van der Waals surface area contributed by atoms with Gasteiger partial charge in [-0.15, -0.1) is 11.3 Å². The first-order valence-corrected chi connectivity index (χ1v) is 14.4. The van der Waals surface area contributed by atoms with E-state index in [9.17, 15) is 9.59 Å². The third-order valence-electron chi connectivity index (χ3n) is 7.73. The van der Waals surface area contributed by atoms with Gasteiger partial charge >= 0.3 is 0 Å². The number of fused-ring (bicyclic) bond motifs is 3. The molecule has 1 aromatic heterocycles. The van der Waals surface area contributed by atoms with Gasteiger partial charge in [-0.2, -0.15) is 0 Å². The van der Waals surface area contributed by atoms with Gasteiger partial charge in [-0.3, -0.25) is 14.5 Å². The molecular formula is C30H36N4O4S. The number of hydrogen-bond acceptors (Lipinski definition) is 7. The number of piperidine rings is 1. The summed E-state index contributed by atoms with van der Waals surface area (Å²) in [4.78, 5) is 37.5. The number of amides is 2. The minimum Gasteiger partial charge on any atom is -0.493 e. The fourth-order valence-electron chi connectivity index (χ4n) is 5.79. The molecule has 2 unspecified atom stereocenters. The molecule has 0 saturated carbocycles. The highest BCUT2D eigenvalue weighted by Crippen LogP contribution is 2.32. The summed E-state index contributed by atoms with van der Waals surface area (Å²) in [5.41, 5.74) is 1.83. The number of ether oxygens (including phenoxy) is 2. The summed E-state index contributed by atoms with van der Waals surface area (Å²) in [7, 11) is 1.59. The predicted molar refractivity (Wildman–Crippen MR) is 152 cm³/mol. The lowest BCUT2D eigenvalue weighted by Crippen LogP contribution is -2.52. The highest BCUT2D eigenvalue weighted by Gasteiger charge is 2.35. The summed E-state index contributed by atoms with van der Waals surface area (Å²) in [5.74, 6) is 1.05. The first-order chi connectivity index (χ1) is 19.0. The Morgan fingerprint density at radius 3 is 2.56 bits per heavy atom. The number of hydrogen-bond donors (Lipinski definition) is 0. The molecule has 9 heteroatoms. The largest absolute Gasteiger partial charge is 0.493 e. The molecule has 5 rings (SSSR count). The van der Waals surface area contributed by atoms with Crippen molar-refractivity contribution in [3.63, 3.8) is 0 Å². The van der Waals surface area contributed by atoms with E-state index in [0.29, 0.717) is 37.2 Å². The van der Waals surface area contributed by atoms with Gasteiger partial charge in [0.25, 0.3) is 5.91 Å². The van der Waals surface area contributed by atoms with Crippen molar-refractivity contribution in [3.8, 4) is 11.5 Å². The van der Waals surface area contributed by atoms with Crippen LogP contribution in [0.15, 0.2) is 60.1 Å². The van der Waals surface area contributed by atoms with E-state index in [1.807, 2.05) is 63.8 Å². The molecule has 3 aromatic rings. The Hall–Kier alpha value is -3.43. The van der Waals surface area contributed by atoms with Gasteiger partial charge in [-0.05, 0) is 43.0 Å². The lowest BCUT2D eigenvalue weighted by atomic mass is 9.93. The van der Waals surface area contributed by atoms with E-state index >= 15 is 0 Å². The number of carbonyl (C=O) groups is 2. The normalized spacial score (nSPS) is 20.1. The highest BCUT2D eigenvalue weighted by molar-refractivity contribution is 7.09. The van der Waals surface area contributed by atoms with Crippen LogP contribution in [0.25, 0.3) is 0 Å². The Bertz CT molecular complexity index is 1270. The van der Waals surface area contributed by atoms with Gasteiger partial charge in [0.05, 0.1) is 13.7 Å². The maximum atomic E-state index is 13.8. The fourth-order valence-corrected chi connectivity index (χ4v) is 6.41. The Morgan fingerprint density at radius 2 is 1.79 bits per heavy atom. The third kappa shape index (κ3) is 6.42. The molecule has 1 fully saturated rings. The zero-order valence-electron chi connectivity index (χ0n) is 22.6. The van der Waals surface area contributed by atoms with Crippen LogP contribution in [0.4, 0.5) is 5.69 Å². The second-order valence-electron chi connectivity index (χ2n) is 10.1. The van der Waals surface area contributed by atoms with E-state index in [1.165, 1.54) is 0 Å². The summed E-state index contributed by atoms with van der Waals surface area (Å²) < 4.78 is 11.4. The van der Waals surface area contributed by atoms with Crippen molar-refractivity contribution >= 4 is 28.8 Å². The van der Waals surface area contributed by atoms with Crippen LogP contribution in [-0.2, 0) is 22.7 Å². The zero-order valence-corrected chi connectivity index (χ0v) is 23.4. The van der Waals surface area contributed by atoms with Crippen molar-refractivity contribution in [3.05, 3.63) is 70.7 Å². The number of anilines is 1. The van der Waals surface area contributed by atoms with Crippen LogP contribution in [0.5, 0.6) is 11.5 Å². The average Bonchev–Trinajstić information content (AvgIpc) is 3.46. The van der Waals surface area contributed by atoms with Crippen molar-refractivity contribution in [2.45, 2.75) is 57.8 Å². The molecule has 2 aliphatic rings. The van der Waals surface area contributed by atoms with Gasteiger partial charge < -0.3 is 19.3 Å². The summed E-state index contributed by atoms with van der Waals surface area (Å²) in [6, 6.07) is 15.8. The Labute approximate surface area is 234 Å². The van der Waals surface area contributed by atoms with E-state index in [1.54, 1.807) is 31.4 Å². The monoisotopic (exact) mass is 548 g/mol. The average molecular weight is 549 g/mol. The number of nitrogens with zero attached hydrogens (tertiary/aromatic N) is 4. The molecule has 0 radical (unpaired) electrons. The van der Waals surface area contributed by atoms with Crippen LogP contribution in [0.1, 0.15) is 43.2 Å². The number of thiazole rings is 1. The van der Waals surface area contributed by atoms with Crippen molar-refractivity contribution in [2.75, 3.05) is 31.7 Å². The van der Waals surface area contributed by atoms with Crippen LogP contribution >= 0.6 is 11.3 Å². The van der Waals surface area contributed by atoms with Crippen LogP contribution in [0, 0.1) is 0 Å². The smallest absolute Gasteiger partial charge is 0.260 e. The van der Waals surface area contributed by atoms with E-state index in [-0.39, 0.29) is 24.5 Å². The molecule has 1 saturated heterocycles. The predicted octanol–water partition coefficient (Wildman–Crippen LogP) is 4.74. The lowest BCUT2D eigenvalue weighted by molar-refractivity contribution is -0.135. The second-order valence-corrected chi connectivity index (χ2v) is 11.1. The lowest BCUT2D eigenvalue weighted by Gasteiger charge is -2.43. The molecule has 0 aliphatic carbocycles. The number of aromatic nitrogens is 1. The molecule has 2 atom stereocenters. The summed E-state index contributed by atoms with van der Waals surface area (Å²) in [6.07, 6.45) is 5.90. The summed E-state index contributed by atoms with van der Waals surface area (Å²) in [5, 5.41) is 3.09. The Morgan fingerprint density at radius 1 is 1.03 bits per heavy atom. The number of rotatable bonds is 6. The standard InChI is InChI=1S/C30H36N4O4S/c1-22(35)33-16-14-24-9-7-10-25(34(24)20-29-31-15-17-39-29)19-32(18-23-8-3-4-11-26(23)33)30(36)21-38-28-13-6-5-12-27(28)37-2/h3-6,8,11-13,15,17,24-25H,7,9-10,14,16,18-21H2,1-2H3. The van der Waals surface area contributed by atoms with Gasteiger partial charge in [0.1, 0.15) is 5.01 Å². The van der Waals surface area contributed by atoms with Crippen LogP contribution in [-0.4, -0.2) is 65.5 Å². The van der Waals surface area contributed by atoms with Crippen molar-refractivity contribution in [1.29, 1.82) is 0 Å². The first kappa shape index (κ1) is 27.1. The number of benzene rings is 2. The second kappa shape index (κ2) is 12.6. The maximum absolute atomic E-state index is 13.8. The quantitative estimate of drug-likeness (QED) is 0.443. The van der Waals surface area contributed by atoms with Crippen LogP contribution in [0.3, 0.4) is 0 Å². The molecule has 0 spiro atoms. The van der Waals surface area contributed by atoms with Gasteiger partial charge in [0, 0.05) is 55.9 Å². The number of methoxy groups -OCH3 is 1. The molecule has 2 bridgehead atoms. The van der Waals surface area contributed by atoms with Gasteiger partial charge in [-0.1, -0.05) is 36.8 Å². The third-order valence-corrected chi connectivity index (χ3v) is 8.49. The Kier molecular flexibility index (Phi) is 8.78. The van der Waals surface area contributed by atoms with Crippen molar-refractivity contribution < 1.29 is 19.1 Å². The fraction of sp³-hybridized carbons (Fsp3) is 0.433. The zero-order chi connectivity index (χ0) is 27.2. The molecule has 39 heavy (non-hydrogen) atoms. The van der Waals surface area contributed by atoms with Gasteiger partial charge in [0.15, 0.2) is 18.1 Å². The van der Waals surface area contributed by atoms with E-state index in [2.05, 4.69) is 9.88 Å². The Balaban J connectivity index is 1.47. The van der Waals surface area contributed by atoms with Gasteiger partial charge in [-0.25, -0.2) is 4.98 Å². The molecule has 206 valence electrons. The van der Waals surface area contributed by atoms with Crippen LogP contribution in [0.2, 0.25) is 0 Å². The topological polar surface area (TPSA) is 75.2 Å². The molecule has 3 heterocycles. The SMILES string of the molecule is COc1ccccc1OCC(=O)N1Cc2ccccc2N(C(C)=O)CCC2CCCC(C1)N2Cc1nccs1. The number of para-hydroxylation sites is 3. The molecule has 0 N–H and O–H groups in total. The molecular weight excluding hydrogens is 512 g/mol. The maximum Gasteiger partial charge on any atom is 0.260 e. The van der Waals surface area contributed by atoms with Crippen molar-refractivity contribution in [1.82, 2.24) is 14.8 Å². The molecule has 2 aliphatic heterocycles. The highest BCUT2D eigenvalue weighted by atomic mass is 32.1. The first-order valence-electron chi connectivity index (χ1n) is 13.6. The minimum absolute atomic E-state index is 0.0120. The van der Waals surface area contributed by atoms with Crippen molar-refractivity contribution in [2.24, 2.45) is 0 Å². The van der Waals surface area contributed by atoms with Gasteiger partial charge in [0.2, 0.25) is 5.91 Å². The molecule has 2 aromatic carbocycles. The summed E-state index contributed by atoms with van der Waals surface area (Å²) in [6.45, 7) is 3.91. The minimum atomic E-state index is -0.0966. The van der Waals surface area contributed by atoms with E-state index in [4.69, 9.17) is 9.47 Å². The molecule has 2 amide bonds. The number of carbonyl (C=O) groups excluding carboxylic acids is 2. The van der Waals surface area contributed by atoms with Crippen LogP contribution < -0.4 is 14.4 Å². The summed E-state index contributed by atoms with van der Waals surface area (Å²) >= 11 is 1.66. The van der Waals surface area contributed by atoms with E-state index in [0.717, 1.165) is 48.5 Å².